The molecule has 2 aliphatic rings. The number of benzene rings is 1. The average Bonchev–Trinajstić information content (AvgIpc) is 3.47. The molecular formula is C22H34N2O3. The minimum Gasteiger partial charge on any atom is -0.492 e. The number of nitrogens with zero attached hydrogens (tertiary/aromatic N) is 1. The zero-order valence-electron chi connectivity index (χ0n) is 17.2. The number of anilines is 1. The summed E-state index contributed by atoms with van der Waals surface area (Å²) in [6.45, 7) is 10.5. The van der Waals surface area contributed by atoms with Gasteiger partial charge in [0.05, 0.1) is 0 Å². The van der Waals surface area contributed by atoms with Gasteiger partial charge in [0.2, 0.25) is 0 Å². The Kier molecular flexibility index (Phi) is 6.43. The van der Waals surface area contributed by atoms with Gasteiger partial charge in [0.15, 0.2) is 0 Å². The smallest absolute Gasteiger partial charge is 0.256 e. The molecule has 1 N–H and O–H groups in total. The molecule has 1 amide bonds. The minimum absolute atomic E-state index is 0.0745. The number of rotatable bonds is 8. The maximum absolute atomic E-state index is 12.6. The Morgan fingerprint density at radius 2 is 1.81 bits per heavy atom. The summed E-state index contributed by atoms with van der Waals surface area (Å²) in [7, 11) is 1.61. The van der Waals surface area contributed by atoms with E-state index in [0.29, 0.717) is 12.5 Å². The van der Waals surface area contributed by atoms with Crippen LogP contribution in [0.5, 0.6) is 5.75 Å². The lowest BCUT2D eigenvalue weighted by Crippen LogP contribution is -2.44. The van der Waals surface area contributed by atoms with Crippen LogP contribution in [0.1, 0.15) is 40.0 Å². The second-order valence-electron chi connectivity index (χ2n) is 8.62. The maximum Gasteiger partial charge on any atom is 0.256 e. The topological polar surface area (TPSA) is 50.8 Å². The number of carbonyl (C=O) groups excluding carboxylic acids is 1. The highest BCUT2D eigenvalue weighted by Crippen LogP contribution is 2.42. The number of hydrogen-bond acceptors (Lipinski definition) is 4. The summed E-state index contributed by atoms with van der Waals surface area (Å²) < 4.78 is 11.4. The lowest BCUT2D eigenvalue weighted by Gasteiger charge is -2.34. The van der Waals surface area contributed by atoms with Crippen molar-refractivity contribution in [1.29, 1.82) is 0 Å². The van der Waals surface area contributed by atoms with Crippen molar-refractivity contribution in [2.24, 2.45) is 17.8 Å². The van der Waals surface area contributed by atoms with E-state index < -0.39 is 5.60 Å². The molecule has 0 aromatic heterocycles. The number of ether oxygens (including phenoxy) is 2. The van der Waals surface area contributed by atoms with Gasteiger partial charge in [-0.3, -0.25) is 9.69 Å². The third-order valence-electron chi connectivity index (χ3n) is 5.96. The number of methoxy groups -OCH3 is 1. The molecule has 1 aromatic rings. The monoisotopic (exact) mass is 374 g/mol. The fourth-order valence-electron chi connectivity index (χ4n) is 4.24. The third kappa shape index (κ3) is 5.23. The minimum atomic E-state index is -0.738. The molecule has 2 fully saturated rings. The number of likely N-dealkylation sites (tertiary alicyclic amines) is 1. The van der Waals surface area contributed by atoms with Crippen LogP contribution in [0.4, 0.5) is 5.69 Å². The molecule has 1 saturated heterocycles. The molecule has 5 heteroatoms. The maximum atomic E-state index is 12.6. The van der Waals surface area contributed by atoms with Crippen molar-refractivity contribution < 1.29 is 14.3 Å². The van der Waals surface area contributed by atoms with Gasteiger partial charge in [0, 0.05) is 32.4 Å². The van der Waals surface area contributed by atoms with E-state index in [1.165, 1.54) is 6.42 Å². The van der Waals surface area contributed by atoms with Gasteiger partial charge in [-0.15, -0.1) is 0 Å². The summed E-state index contributed by atoms with van der Waals surface area (Å²) in [5, 5.41) is 2.97. The zero-order valence-corrected chi connectivity index (χ0v) is 17.2. The molecule has 0 radical (unpaired) electrons. The Bertz CT molecular complexity index is 619. The van der Waals surface area contributed by atoms with Crippen LogP contribution in [-0.4, -0.2) is 49.8 Å². The molecule has 0 bridgehead atoms. The van der Waals surface area contributed by atoms with Crippen LogP contribution >= 0.6 is 0 Å². The molecule has 1 aromatic carbocycles. The molecule has 1 aliphatic carbocycles. The molecule has 5 nitrogen and oxygen atoms in total. The van der Waals surface area contributed by atoms with Crippen LogP contribution < -0.4 is 10.1 Å². The molecule has 1 heterocycles. The normalized spacial score (nSPS) is 25.6. The molecule has 27 heavy (non-hydrogen) atoms. The molecular weight excluding hydrogens is 340 g/mol. The predicted molar refractivity (Wildman–Crippen MR) is 108 cm³/mol. The number of nitrogens with one attached hydrogen (secondary N) is 1. The van der Waals surface area contributed by atoms with Gasteiger partial charge in [-0.2, -0.15) is 0 Å². The van der Waals surface area contributed by atoms with Crippen LogP contribution in [0.15, 0.2) is 24.3 Å². The summed E-state index contributed by atoms with van der Waals surface area (Å²) in [5.41, 5.74) is 0.0349. The molecule has 0 spiro atoms. The molecule has 3 atom stereocenters. The van der Waals surface area contributed by atoms with Gasteiger partial charge >= 0.3 is 0 Å². The van der Waals surface area contributed by atoms with Crippen molar-refractivity contribution in [3.05, 3.63) is 24.3 Å². The van der Waals surface area contributed by atoms with Crippen molar-refractivity contribution >= 4 is 11.6 Å². The Balaban J connectivity index is 1.45. The van der Waals surface area contributed by atoms with E-state index in [4.69, 9.17) is 9.47 Å². The van der Waals surface area contributed by atoms with Crippen molar-refractivity contribution in [3.63, 3.8) is 0 Å². The second kappa shape index (κ2) is 8.61. The van der Waals surface area contributed by atoms with Gasteiger partial charge in [-0.25, -0.2) is 0 Å². The largest absolute Gasteiger partial charge is 0.492 e. The van der Waals surface area contributed by atoms with Gasteiger partial charge in [-0.1, -0.05) is 13.8 Å². The number of carbonyl (C=O) groups is 1. The molecule has 1 saturated carbocycles. The van der Waals surface area contributed by atoms with Gasteiger partial charge in [-0.05, 0) is 68.2 Å². The zero-order chi connectivity index (χ0) is 19.4. The summed E-state index contributed by atoms with van der Waals surface area (Å²) in [4.78, 5) is 15.1. The van der Waals surface area contributed by atoms with Gasteiger partial charge in [0.25, 0.3) is 5.91 Å². The van der Waals surface area contributed by atoms with Crippen LogP contribution in [0.3, 0.4) is 0 Å². The Labute approximate surface area is 163 Å². The van der Waals surface area contributed by atoms with Crippen molar-refractivity contribution in [3.8, 4) is 5.75 Å². The Morgan fingerprint density at radius 1 is 1.19 bits per heavy atom. The van der Waals surface area contributed by atoms with Gasteiger partial charge < -0.3 is 14.8 Å². The molecule has 0 unspecified atom stereocenters. The fraction of sp³-hybridized carbons (Fsp3) is 0.682. The lowest BCUT2D eigenvalue weighted by atomic mass is 9.92. The summed E-state index contributed by atoms with van der Waals surface area (Å²) in [6, 6.07) is 7.61. The van der Waals surface area contributed by atoms with E-state index in [2.05, 4.69) is 24.1 Å². The molecule has 1 aliphatic heterocycles. The van der Waals surface area contributed by atoms with E-state index in [1.807, 2.05) is 31.2 Å². The highest BCUT2D eigenvalue weighted by molar-refractivity contribution is 5.97. The van der Waals surface area contributed by atoms with Crippen LogP contribution in [0, 0.1) is 17.8 Å². The summed E-state index contributed by atoms with van der Waals surface area (Å²) >= 11 is 0. The van der Waals surface area contributed by atoms with Crippen LogP contribution in [-0.2, 0) is 9.53 Å². The Morgan fingerprint density at radius 3 is 2.37 bits per heavy atom. The second-order valence-corrected chi connectivity index (χ2v) is 8.62. The van der Waals surface area contributed by atoms with E-state index >= 15 is 0 Å². The van der Waals surface area contributed by atoms with Crippen molar-refractivity contribution in [1.82, 2.24) is 4.90 Å². The van der Waals surface area contributed by atoms with E-state index in [1.54, 1.807) is 7.11 Å². The standard InChI is InChI=1S/C22H34N2O3/c1-16-13-17(2)15-24(14-16)11-12-27-20-9-7-19(8-10-20)23-21(25)22(3,26-4)18-5-6-18/h7-10,16-18H,5-6,11-15H2,1-4H3,(H,23,25)/t16-,17+,22-/m1/s1. The van der Waals surface area contributed by atoms with Crippen LogP contribution in [0.2, 0.25) is 0 Å². The summed E-state index contributed by atoms with van der Waals surface area (Å²) in [5.74, 6) is 2.62. The first-order valence-electron chi connectivity index (χ1n) is 10.2. The van der Waals surface area contributed by atoms with Gasteiger partial charge in [0.1, 0.15) is 18.0 Å². The SMILES string of the molecule is CO[C@@](C)(C(=O)Nc1ccc(OCCN2C[C@H](C)C[C@H](C)C2)cc1)C1CC1. The van der Waals surface area contributed by atoms with E-state index in [0.717, 1.165) is 55.7 Å². The van der Waals surface area contributed by atoms with Crippen molar-refractivity contribution in [2.45, 2.75) is 45.6 Å². The quantitative estimate of drug-likeness (QED) is 0.752. The first-order chi connectivity index (χ1) is 12.9. The number of piperidine rings is 1. The predicted octanol–water partition coefficient (Wildman–Crippen LogP) is 3.80. The average molecular weight is 375 g/mol. The lowest BCUT2D eigenvalue weighted by molar-refractivity contribution is -0.138. The fourth-order valence-corrected chi connectivity index (χ4v) is 4.24. The van der Waals surface area contributed by atoms with Crippen LogP contribution in [0.25, 0.3) is 0 Å². The highest BCUT2D eigenvalue weighted by Gasteiger charge is 2.47. The third-order valence-corrected chi connectivity index (χ3v) is 5.96. The first kappa shape index (κ1) is 20.2. The number of amides is 1. The molecule has 3 rings (SSSR count). The first-order valence-corrected chi connectivity index (χ1v) is 10.2. The number of hydrogen-bond donors (Lipinski definition) is 1. The van der Waals surface area contributed by atoms with Crippen molar-refractivity contribution in [2.75, 3.05) is 38.7 Å². The van der Waals surface area contributed by atoms with E-state index in [-0.39, 0.29) is 5.91 Å². The van der Waals surface area contributed by atoms with E-state index in [9.17, 15) is 4.79 Å². The molecule has 150 valence electrons. The summed E-state index contributed by atoms with van der Waals surface area (Å²) in [6.07, 6.45) is 3.44. The highest BCUT2D eigenvalue weighted by atomic mass is 16.5. The Hall–Kier alpha value is -1.59.